The third-order valence-electron chi connectivity index (χ3n) is 4.69. The molecule has 17 heavy (non-hydrogen) atoms. The van der Waals surface area contributed by atoms with E-state index in [1.165, 1.54) is 25.7 Å². The van der Waals surface area contributed by atoms with Crippen LogP contribution in [0.15, 0.2) is 0 Å². The van der Waals surface area contributed by atoms with Gasteiger partial charge >= 0.3 is 5.97 Å². The maximum Gasteiger partial charge on any atom is 0.323 e. The number of carbonyl (C=O) groups is 1. The van der Waals surface area contributed by atoms with Crippen LogP contribution in [-0.4, -0.2) is 22.7 Å². The highest BCUT2D eigenvalue weighted by molar-refractivity contribution is 5.79. The van der Waals surface area contributed by atoms with E-state index in [4.69, 9.17) is 0 Å². The monoisotopic (exact) mass is 239 g/mol. The Balaban J connectivity index is 2.03. The molecule has 0 aromatic heterocycles. The summed E-state index contributed by atoms with van der Waals surface area (Å²) in [5.41, 5.74) is -0.617. The van der Waals surface area contributed by atoms with Gasteiger partial charge in [0.05, 0.1) is 0 Å². The molecule has 98 valence electrons. The molecular weight excluding hydrogens is 214 g/mol. The van der Waals surface area contributed by atoms with Gasteiger partial charge in [0.2, 0.25) is 0 Å². The van der Waals surface area contributed by atoms with Crippen molar-refractivity contribution in [1.29, 1.82) is 0 Å². The number of nitrogens with one attached hydrogen (secondary N) is 1. The number of carboxylic acid groups (broad SMARTS) is 1. The Morgan fingerprint density at radius 1 is 1.12 bits per heavy atom. The van der Waals surface area contributed by atoms with Crippen molar-refractivity contribution in [3.8, 4) is 0 Å². The maximum absolute atomic E-state index is 11.6. The van der Waals surface area contributed by atoms with E-state index in [-0.39, 0.29) is 0 Å². The van der Waals surface area contributed by atoms with Crippen molar-refractivity contribution in [1.82, 2.24) is 5.32 Å². The largest absolute Gasteiger partial charge is 0.480 e. The molecule has 2 unspecified atom stereocenters. The van der Waals surface area contributed by atoms with E-state index in [1.54, 1.807) is 0 Å². The number of aliphatic carboxylic acids is 1. The number of rotatable bonds is 3. The lowest BCUT2D eigenvalue weighted by Gasteiger charge is -2.41. The molecule has 0 heterocycles. The lowest BCUT2D eigenvalue weighted by Crippen LogP contribution is -2.58. The molecule has 2 fully saturated rings. The molecule has 2 aliphatic carbocycles. The number of carboxylic acids is 1. The molecule has 0 aromatic carbocycles. The van der Waals surface area contributed by atoms with Crippen LogP contribution < -0.4 is 5.32 Å². The maximum atomic E-state index is 11.6. The van der Waals surface area contributed by atoms with Crippen LogP contribution in [0.4, 0.5) is 0 Å². The Morgan fingerprint density at radius 2 is 1.76 bits per heavy atom. The van der Waals surface area contributed by atoms with E-state index in [9.17, 15) is 9.90 Å². The third kappa shape index (κ3) is 2.82. The molecule has 2 saturated carbocycles. The fourth-order valence-corrected chi connectivity index (χ4v) is 3.46. The molecule has 2 aliphatic rings. The molecule has 0 saturated heterocycles. The molecule has 0 amide bonds. The van der Waals surface area contributed by atoms with E-state index in [2.05, 4.69) is 12.2 Å². The predicted molar refractivity (Wildman–Crippen MR) is 68.0 cm³/mol. The van der Waals surface area contributed by atoms with E-state index in [0.29, 0.717) is 12.0 Å². The summed E-state index contributed by atoms with van der Waals surface area (Å²) in [5.74, 6) is -0.00289. The molecular formula is C14H25NO2. The topological polar surface area (TPSA) is 49.3 Å². The second-order valence-corrected chi connectivity index (χ2v) is 5.96. The van der Waals surface area contributed by atoms with Gasteiger partial charge < -0.3 is 5.11 Å². The summed E-state index contributed by atoms with van der Waals surface area (Å²) in [6.07, 6.45) is 9.87. The van der Waals surface area contributed by atoms with Gasteiger partial charge in [0.15, 0.2) is 0 Å². The van der Waals surface area contributed by atoms with Gasteiger partial charge in [-0.1, -0.05) is 39.0 Å². The van der Waals surface area contributed by atoms with Gasteiger partial charge in [-0.25, -0.2) is 0 Å². The van der Waals surface area contributed by atoms with E-state index in [1.807, 2.05) is 0 Å². The van der Waals surface area contributed by atoms with Crippen molar-refractivity contribution in [2.24, 2.45) is 5.92 Å². The van der Waals surface area contributed by atoms with E-state index in [0.717, 1.165) is 32.1 Å². The van der Waals surface area contributed by atoms with Crippen molar-refractivity contribution < 1.29 is 9.90 Å². The van der Waals surface area contributed by atoms with Crippen LogP contribution in [0.3, 0.4) is 0 Å². The first kappa shape index (κ1) is 12.9. The quantitative estimate of drug-likeness (QED) is 0.796. The van der Waals surface area contributed by atoms with Crippen molar-refractivity contribution in [3.63, 3.8) is 0 Å². The highest BCUT2D eigenvalue weighted by atomic mass is 16.4. The lowest BCUT2D eigenvalue weighted by atomic mass is 9.78. The molecule has 3 nitrogen and oxygen atoms in total. The summed E-state index contributed by atoms with van der Waals surface area (Å²) in [6.45, 7) is 2.26. The van der Waals surface area contributed by atoms with Gasteiger partial charge in [0.25, 0.3) is 0 Å². The Labute approximate surface area is 104 Å². The van der Waals surface area contributed by atoms with Gasteiger partial charge in [-0.15, -0.1) is 0 Å². The first-order chi connectivity index (χ1) is 8.14. The van der Waals surface area contributed by atoms with Crippen LogP contribution in [0.2, 0.25) is 0 Å². The van der Waals surface area contributed by atoms with Gasteiger partial charge in [0.1, 0.15) is 5.54 Å². The zero-order chi connectivity index (χ0) is 12.3. The number of hydrogen-bond acceptors (Lipinski definition) is 2. The Hall–Kier alpha value is -0.570. The van der Waals surface area contributed by atoms with Crippen molar-refractivity contribution >= 4 is 5.97 Å². The number of hydrogen-bond donors (Lipinski definition) is 2. The molecule has 0 spiro atoms. The van der Waals surface area contributed by atoms with Crippen LogP contribution in [0.5, 0.6) is 0 Å². The summed E-state index contributed by atoms with van der Waals surface area (Å²) in [7, 11) is 0. The van der Waals surface area contributed by atoms with Crippen molar-refractivity contribution in [3.05, 3.63) is 0 Å². The van der Waals surface area contributed by atoms with Gasteiger partial charge in [-0.05, 0) is 31.6 Å². The van der Waals surface area contributed by atoms with E-state index < -0.39 is 11.5 Å². The minimum atomic E-state index is -0.630. The van der Waals surface area contributed by atoms with Crippen LogP contribution in [0, 0.1) is 5.92 Å². The molecule has 2 rings (SSSR count). The van der Waals surface area contributed by atoms with Crippen molar-refractivity contribution in [2.45, 2.75) is 76.3 Å². The first-order valence-electron chi connectivity index (χ1n) is 7.15. The first-order valence-corrected chi connectivity index (χ1v) is 7.15. The summed E-state index contributed by atoms with van der Waals surface area (Å²) >= 11 is 0. The molecule has 0 aliphatic heterocycles. The minimum Gasteiger partial charge on any atom is -0.480 e. The molecule has 0 bridgehead atoms. The van der Waals surface area contributed by atoms with Crippen LogP contribution in [0.1, 0.15) is 64.7 Å². The van der Waals surface area contributed by atoms with Crippen LogP contribution in [0.25, 0.3) is 0 Å². The predicted octanol–water partition coefficient (Wildman–Crippen LogP) is 2.94. The summed E-state index contributed by atoms with van der Waals surface area (Å²) < 4.78 is 0. The average Bonchev–Trinajstić information content (AvgIpc) is 2.33. The fourth-order valence-electron chi connectivity index (χ4n) is 3.46. The highest BCUT2D eigenvalue weighted by Crippen LogP contribution is 2.32. The normalized spacial score (nSPS) is 33.2. The Morgan fingerprint density at radius 3 is 2.35 bits per heavy atom. The molecule has 0 aromatic rings. The lowest BCUT2D eigenvalue weighted by molar-refractivity contribution is -0.147. The molecule has 0 radical (unpaired) electrons. The minimum absolute atomic E-state index is 0.415. The SMILES string of the molecule is CC1CCCCC1NC1(C(=O)O)CCCCC1. The summed E-state index contributed by atoms with van der Waals surface area (Å²) in [4.78, 5) is 11.6. The second-order valence-electron chi connectivity index (χ2n) is 5.96. The molecule has 2 atom stereocenters. The zero-order valence-electron chi connectivity index (χ0n) is 10.9. The Bertz CT molecular complexity index is 271. The molecule has 2 N–H and O–H groups in total. The summed E-state index contributed by atoms with van der Waals surface area (Å²) in [6, 6.07) is 0.415. The fraction of sp³-hybridized carbons (Fsp3) is 0.929. The van der Waals surface area contributed by atoms with Gasteiger partial charge in [-0.3, -0.25) is 10.1 Å². The average molecular weight is 239 g/mol. The van der Waals surface area contributed by atoms with Crippen LogP contribution in [-0.2, 0) is 4.79 Å². The third-order valence-corrected chi connectivity index (χ3v) is 4.69. The molecule has 3 heteroatoms. The van der Waals surface area contributed by atoms with Gasteiger partial charge in [-0.2, -0.15) is 0 Å². The van der Waals surface area contributed by atoms with Crippen LogP contribution >= 0.6 is 0 Å². The Kier molecular flexibility index (Phi) is 4.08. The standard InChI is InChI=1S/C14H25NO2/c1-11-7-3-4-8-12(11)15-14(13(16)17)9-5-2-6-10-14/h11-12,15H,2-10H2,1H3,(H,16,17). The van der Waals surface area contributed by atoms with Crippen molar-refractivity contribution in [2.75, 3.05) is 0 Å². The smallest absolute Gasteiger partial charge is 0.323 e. The second kappa shape index (κ2) is 5.38. The van der Waals surface area contributed by atoms with Gasteiger partial charge in [0, 0.05) is 6.04 Å². The highest BCUT2D eigenvalue weighted by Gasteiger charge is 2.42. The van der Waals surface area contributed by atoms with E-state index >= 15 is 0 Å². The zero-order valence-corrected chi connectivity index (χ0v) is 10.9. The summed E-state index contributed by atoms with van der Waals surface area (Å²) in [5, 5.41) is 13.1.